The molecule has 2 aromatic rings. The Labute approximate surface area is 125 Å². The lowest BCUT2D eigenvalue weighted by atomic mass is 10.1. The number of benzene rings is 2. The molecule has 0 radical (unpaired) electrons. The second kappa shape index (κ2) is 6.55. The van der Waals surface area contributed by atoms with E-state index in [0.29, 0.717) is 11.3 Å². The van der Waals surface area contributed by atoms with E-state index in [-0.39, 0.29) is 11.9 Å². The molecule has 0 amide bonds. The normalized spacial score (nSPS) is 12.4. The number of hydrogen-bond acceptors (Lipinski definition) is 2. The minimum absolute atomic E-state index is 0.0173. The van der Waals surface area contributed by atoms with Crippen LogP contribution in [0.25, 0.3) is 0 Å². The maximum atomic E-state index is 14.0. The van der Waals surface area contributed by atoms with Crippen molar-refractivity contribution in [1.29, 1.82) is 0 Å². The molecule has 2 rings (SSSR count). The summed E-state index contributed by atoms with van der Waals surface area (Å²) in [6.45, 7) is 1.93. The van der Waals surface area contributed by atoms with Crippen molar-refractivity contribution in [1.82, 2.24) is 0 Å². The molecule has 0 heterocycles. The van der Waals surface area contributed by atoms with Crippen molar-refractivity contribution in [2.75, 3.05) is 0 Å². The molecule has 0 aliphatic rings. The summed E-state index contributed by atoms with van der Waals surface area (Å²) in [5, 5.41) is 0. The summed E-state index contributed by atoms with van der Waals surface area (Å²) in [6.07, 6.45) is 0.675. The van der Waals surface area contributed by atoms with Gasteiger partial charge in [0.2, 0.25) is 0 Å². The molecule has 1 nitrogen and oxygen atoms in total. The van der Waals surface area contributed by atoms with Crippen LogP contribution >= 0.6 is 27.7 Å². The predicted octanol–water partition coefficient (Wildman–Crippen LogP) is 4.63. The number of halogens is 2. The Morgan fingerprint density at radius 2 is 2.00 bits per heavy atom. The summed E-state index contributed by atoms with van der Waals surface area (Å²) in [5.74, 6) is -0.192. The fraction of sp³-hybridized carbons (Fsp3) is 0.200. The van der Waals surface area contributed by atoms with Crippen molar-refractivity contribution in [3.8, 4) is 0 Å². The Hall–Kier alpha value is -0.840. The Balaban J connectivity index is 2.33. The predicted molar refractivity (Wildman–Crippen MR) is 82.0 cm³/mol. The smallest absolute Gasteiger partial charge is 0.137 e. The van der Waals surface area contributed by atoms with Crippen LogP contribution in [0.3, 0.4) is 0 Å². The SMILES string of the molecule is CC(N)Cc1cccc(F)c1Sc1cccc(Br)c1. The zero-order valence-electron chi connectivity index (χ0n) is 10.6. The van der Waals surface area contributed by atoms with Gasteiger partial charge in [0.25, 0.3) is 0 Å². The number of nitrogens with two attached hydrogens (primary N) is 1. The molecule has 1 atom stereocenters. The van der Waals surface area contributed by atoms with Gasteiger partial charge in [-0.05, 0) is 43.2 Å². The molecule has 0 fully saturated rings. The van der Waals surface area contributed by atoms with E-state index in [1.54, 1.807) is 6.07 Å². The summed E-state index contributed by atoms with van der Waals surface area (Å²) in [4.78, 5) is 1.67. The summed E-state index contributed by atoms with van der Waals surface area (Å²) in [5.41, 5.74) is 6.78. The van der Waals surface area contributed by atoms with Crippen LogP contribution < -0.4 is 5.73 Å². The van der Waals surface area contributed by atoms with Crippen LogP contribution in [-0.4, -0.2) is 6.04 Å². The minimum atomic E-state index is -0.192. The zero-order chi connectivity index (χ0) is 13.8. The first-order valence-corrected chi connectivity index (χ1v) is 7.63. The van der Waals surface area contributed by atoms with Gasteiger partial charge >= 0.3 is 0 Å². The molecule has 4 heteroatoms. The maximum absolute atomic E-state index is 14.0. The molecule has 19 heavy (non-hydrogen) atoms. The molecule has 2 N–H and O–H groups in total. The molecule has 0 saturated carbocycles. The first-order valence-electron chi connectivity index (χ1n) is 6.02. The Morgan fingerprint density at radius 3 is 2.68 bits per heavy atom. The summed E-state index contributed by atoms with van der Waals surface area (Å²) < 4.78 is 15.0. The quantitative estimate of drug-likeness (QED) is 0.878. The van der Waals surface area contributed by atoms with Gasteiger partial charge in [-0.25, -0.2) is 4.39 Å². The van der Waals surface area contributed by atoms with Gasteiger partial charge in [0.15, 0.2) is 0 Å². The topological polar surface area (TPSA) is 26.0 Å². The lowest BCUT2D eigenvalue weighted by Gasteiger charge is -2.12. The molecular weight excluding hydrogens is 325 g/mol. The Kier molecular flexibility index (Phi) is 5.02. The average molecular weight is 340 g/mol. The highest BCUT2D eigenvalue weighted by molar-refractivity contribution is 9.10. The third-order valence-corrected chi connectivity index (χ3v) is 4.25. The molecule has 1 unspecified atom stereocenters. The van der Waals surface area contributed by atoms with E-state index in [0.717, 1.165) is 14.9 Å². The van der Waals surface area contributed by atoms with Crippen LogP contribution in [-0.2, 0) is 6.42 Å². The standard InChI is InChI=1S/C15H15BrFNS/c1-10(18)8-11-4-2-7-14(17)15(11)19-13-6-3-5-12(16)9-13/h2-7,9-10H,8,18H2,1H3. The largest absolute Gasteiger partial charge is 0.328 e. The molecule has 0 aliphatic heterocycles. The maximum Gasteiger partial charge on any atom is 0.137 e. The monoisotopic (exact) mass is 339 g/mol. The number of hydrogen-bond donors (Lipinski definition) is 1. The fourth-order valence-electron chi connectivity index (χ4n) is 1.82. The second-order valence-electron chi connectivity index (χ2n) is 4.47. The van der Waals surface area contributed by atoms with Crippen molar-refractivity contribution in [3.05, 3.63) is 58.3 Å². The van der Waals surface area contributed by atoms with Crippen molar-refractivity contribution < 1.29 is 4.39 Å². The lowest BCUT2D eigenvalue weighted by Crippen LogP contribution is -2.18. The molecule has 0 spiro atoms. The van der Waals surface area contributed by atoms with Crippen molar-refractivity contribution in [2.45, 2.75) is 29.2 Å². The van der Waals surface area contributed by atoms with Gasteiger partial charge in [-0.2, -0.15) is 0 Å². The van der Waals surface area contributed by atoms with Crippen molar-refractivity contribution in [2.24, 2.45) is 5.73 Å². The van der Waals surface area contributed by atoms with E-state index >= 15 is 0 Å². The molecule has 2 aromatic carbocycles. The van der Waals surface area contributed by atoms with Gasteiger partial charge < -0.3 is 5.73 Å². The zero-order valence-corrected chi connectivity index (χ0v) is 13.0. The third-order valence-electron chi connectivity index (χ3n) is 2.61. The van der Waals surface area contributed by atoms with E-state index in [9.17, 15) is 4.39 Å². The summed E-state index contributed by atoms with van der Waals surface area (Å²) >= 11 is 4.86. The first-order chi connectivity index (χ1) is 9.06. The Bertz CT molecular complexity index is 572. The van der Waals surface area contributed by atoms with Crippen LogP contribution in [0.1, 0.15) is 12.5 Å². The van der Waals surface area contributed by atoms with Gasteiger partial charge in [0.05, 0.1) is 4.90 Å². The van der Waals surface area contributed by atoms with E-state index in [1.165, 1.54) is 17.8 Å². The highest BCUT2D eigenvalue weighted by Crippen LogP contribution is 2.34. The summed E-state index contributed by atoms with van der Waals surface area (Å²) in [7, 11) is 0. The van der Waals surface area contributed by atoms with E-state index in [4.69, 9.17) is 5.73 Å². The minimum Gasteiger partial charge on any atom is -0.328 e. The third kappa shape index (κ3) is 4.06. The molecule has 0 aromatic heterocycles. The van der Waals surface area contributed by atoms with Gasteiger partial charge in [0, 0.05) is 15.4 Å². The van der Waals surface area contributed by atoms with Crippen molar-refractivity contribution in [3.63, 3.8) is 0 Å². The van der Waals surface area contributed by atoms with Gasteiger partial charge in [-0.3, -0.25) is 0 Å². The molecule has 0 aliphatic carbocycles. The van der Waals surface area contributed by atoms with Crippen molar-refractivity contribution >= 4 is 27.7 Å². The fourth-order valence-corrected chi connectivity index (χ4v) is 3.39. The highest BCUT2D eigenvalue weighted by Gasteiger charge is 2.11. The van der Waals surface area contributed by atoms with Crippen LogP contribution in [0, 0.1) is 5.82 Å². The van der Waals surface area contributed by atoms with Gasteiger partial charge in [-0.15, -0.1) is 0 Å². The van der Waals surface area contributed by atoms with E-state index < -0.39 is 0 Å². The van der Waals surface area contributed by atoms with Crippen LogP contribution in [0.2, 0.25) is 0 Å². The van der Waals surface area contributed by atoms with Gasteiger partial charge in [-0.1, -0.05) is 45.9 Å². The van der Waals surface area contributed by atoms with E-state index in [2.05, 4.69) is 15.9 Å². The number of rotatable bonds is 4. The van der Waals surface area contributed by atoms with Crippen LogP contribution in [0.5, 0.6) is 0 Å². The van der Waals surface area contributed by atoms with E-state index in [1.807, 2.05) is 37.3 Å². The molecule has 0 saturated heterocycles. The molecular formula is C15H15BrFNS. The summed E-state index contributed by atoms with van der Waals surface area (Å²) in [6, 6.07) is 13.0. The average Bonchev–Trinajstić information content (AvgIpc) is 2.33. The lowest BCUT2D eigenvalue weighted by molar-refractivity contribution is 0.593. The first kappa shape index (κ1) is 14.6. The van der Waals surface area contributed by atoms with Gasteiger partial charge in [0.1, 0.15) is 5.82 Å². The van der Waals surface area contributed by atoms with Crippen LogP contribution in [0.15, 0.2) is 56.7 Å². The Morgan fingerprint density at radius 1 is 1.26 bits per heavy atom. The second-order valence-corrected chi connectivity index (χ2v) is 6.47. The molecule has 100 valence electrons. The highest BCUT2D eigenvalue weighted by atomic mass is 79.9. The van der Waals surface area contributed by atoms with Crippen LogP contribution in [0.4, 0.5) is 4.39 Å². The molecule has 0 bridgehead atoms.